The quantitative estimate of drug-likeness (QED) is 0.658. The molecule has 0 spiro atoms. The predicted octanol–water partition coefficient (Wildman–Crippen LogP) is 3.34. The van der Waals surface area contributed by atoms with E-state index in [0.717, 1.165) is 16.9 Å². The van der Waals surface area contributed by atoms with Crippen LogP contribution in [0.15, 0.2) is 33.5 Å². The lowest BCUT2D eigenvalue weighted by Gasteiger charge is -2.07. The van der Waals surface area contributed by atoms with Gasteiger partial charge in [-0.05, 0) is 13.0 Å². The van der Waals surface area contributed by atoms with Crippen molar-refractivity contribution in [3.8, 4) is 17.1 Å². The number of hydrogen-bond acceptors (Lipinski definition) is 7. The highest BCUT2D eigenvalue weighted by Crippen LogP contribution is 2.38. The fraction of sp³-hybridized carbons (Fsp3) is 0.333. The second kappa shape index (κ2) is 6.16. The lowest BCUT2D eigenvalue weighted by molar-refractivity contribution is 0.0941. The number of Topliss-reactive ketones (excluding diaryl/α,β-unsaturated/α-hetero) is 1. The number of nitrogens with zero attached hydrogens (tertiary/aromatic N) is 3. The summed E-state index contributed by atoms with van der Waals surface area (Å²) in [6.45, 7) is 4.18. The number of aryl methyl sites for hydroxylation is 2. The maximum absolute atomic E-state index is 12.4. The molecule has 1 atom stereocenters. The summed E-state index contributed by atoms with van der Waals surface area (Å²) in [5.74, 6) is 2.16. The number of benzene rings is 1. The third-order valence-electron chi connectivity index (χ3n) is 4.35. The van der Waals surface area contributed by atoms with Gasteiger partial charge in [0.05, 0.1) is 12.3 Å². The van der Waals surface area contributed by atoms with Crippen LogP contribution in [0.25, 0.3) is 11.4 Å². The number of ketones is 1. The average Bonchev–Trinajstić information content (AvgIpc) is 3.34. The van der Waals surface area contributed by atoms with Crippen molar-refractivity contribution in [1.29, 1.82) is 0 Å². The van der Waals surface area contributed by atoms with Crippen LogP contribution in [-0.4, -0.2) is 27.5 Å². The summed E-state index contributed by atoms with van der Waals surface area (Å²) < 4.78 is 16.1. The van der Waals surface area contributed by atoms with Gasteiger partial charge in [0.1, 0.15) is 5.75 Å². The first kappa shape index (κ1) is 15.6. The van der Waals surface area contributed by atoms with E-state index < -0.39 is 0 Å². The summed E-state index contributed by atoms with van der Waals surface area (Å²) in [6.07, 6.45) is 2.31. The zero-order valence-electron chi connectivity index (χ0n) is 14.0. The van der Waals surface area contributed by atoms with Crippen LogP contribution in [0, 0.1) is 6.92 Å². The lowest BCUT2D eigenvalue weighted by atomic mass is 9.94. The van der Waals surface area contributed by atoms with E-state index in [-0.39, 0.29) is 11.7 Å². The van der Waals surface area contributed by atoms with Gasteiger partial charge in [-0.2, -0.15) is 4.98 Å². The number of aromatic nitrogens is 3. The molecule has 1 aliphatic heterocycles. The normalized spacial score (nSPS) is 15.8. The van der Waals surface area contributed by atoms with Gasteiger partial charge in [0.15, 0.2) is 12.2 Å². The second-order valence-electron chi connectivity index (χ2n) is 6.02. The minimum absolute atomic E-state index is 0.00230. The molecule has 0 saturated carbocycles. The number of carbonyl (C=O) groups excluding carboxylic acids is 1. The van der Waals surface area contributed by atoms with Crippen molar-refractivity contribution in [1.82, 2.24) is 15.1 Å². The van der Waals surface area contributed by atoms with E-state index >= 15 is 0 Å². The first-order valence-corrected chi connectivity index (χ1v) is 8.18. The topological polar surface area (TPSA) is 91.2 Å². The van der Waals surface area contributed by atoms with Crippen molar-refractivity contribution in [2.75, 3.05) is 6.61 Å². The molecule has 4 rings (SSSR count). The molecule has 0 aliphatic carbocycles. The zero-order chi connectivity index (χ0) is 17.4. The summed E-state index contributed by atoms with van der Waals surface area (Å²) >= 11 is 0. The molecule has 25 heavy (non-hydrogen) atoms. The molecule has 0 N–H and O–H groups in total. The number of hydrogen-bond donors (Lipinski definition) is 0. The SMILES string of the molecule is CCc1nc(-c2ccc3c(c2)OC[C@H]3CC(=O)c2ocnc2C)no1. The summed E-state index contributed by atoms with van der Waals surface area (Å²) in [7, 11) is 0. The molecular formula is C18H17N3O4. The van der Waals surface area contributed by atoms with E-state index in [1.807, 2.05) is 25.1 Å². The minimum atomic E-state index is -0.0636. The van der Waals surface area contributed by atoms with Crippen molar-refractivity contribution in [3.63, 3.8) is 0 Å². The van der Waals surface area contributed by atoms with Crippen molar-refractivity contribution in [2.45, 2.75) is 32.6 Å². The Morgan fingerprint density at radius 2 is 2.24 bits per heavy atom. The molecule has 7 heteroatoms. The number of rotatable bonds is 5. The van der Waals surface area contributed by atoms with Gasteiger partial charge in [0.2, 0.25) is 17.5 Å². The summed E-state index contributed by atoms with van der Waals surface area (Å²) in [5.41, 5.74) is 2.46. The van der Waals surface area contributed by atoms with Gasteiger partial charge in [-0.25, -0.2) is 4.98 Å². The number of carbonyl (C=O) groups is 1. The molecule has 1 aliphatic rings. The van der Waals surface area contributed by atoms with E-state index in [2.05, 4.69) is 15.1 Å². The van der Waals surface area contributed by atoms with E-state index in [9.17, 15) is 4.79 Å². The Morgan fingerprint density at radius 1 is 1.36 bits per heavy atom. The molecule has 0 unspecified atom stereocenters. The summed E-state index contributed by atoms with van der Waals surface area (Å²) in [5, 5.41) is 3.98. The highest BCUT2D eigenvalue weighted by molar-refractivity contribution is 5.95. The van der Waals surface area contributed by atoms with Gasteiger partial charge in [0, 0.05) is 29.9 Å². The fourth-order valence-electron chi connectivity index (χ4n) is 2.99. The predicted molar refractivity (Wildman–Crippen MR) is 87.5 cm³/mol. The molecule has 2 aromatic heterocycles. The van der Waals surface area contributed by atoms with Crippen LogP contribution in [0.3, 0.4) is 0 Å². The largest absolute Gasteiger partial charge is 0.493 e. The number of fused-ring (bicyclic) bond motifs is 1. The molecular weight excluding hydrogens is 322 g/mol. The monoisotopic (exact) mass is 339 g/mol. The Morgan fingerprint density at radius 3 is 2.96 bits per heavy atom. The van der Waals surface area contributed by atoms with Crippen LogP contribution in [0.5, 0.6) is 5.75 Å². The van der Waals surface area contributed by atoms with E-state index in [1.165, 1.54) is 6.39 Å². The molecule has 1 aromatic carbocycles. The number of oxazole rings is 1. The molecule has 0 radical (unpaired) electrons. The zero-order valence-corrected chi connectivity index (χ0v) is 14.0. The van der Waals surface area contributed by atoms with Gasteiger partial charge < -0.3 is 13.7 Å². The first-order chi connectivity index (χ1) is 12.2. The molecule has 0 saturated heterocycles. The molecule has 7 nitrogen and oxygen atoms in total. The Balaban J connectivity index is 1.55. The van der Waals surface area contributed by atoms with Crippen molar-refractivity contribution >= 4 is 5.78 Å². The van der Waals surface area contributed by atoms with Crippen molar-refractivity contribution in [2.24, 2.45) is 0 Å². The van der Waals surface area contributed by atoms with Crippen LogP contribution in [0.1, 0.15) is 47.0 Å². The lowest BCUT2D eigenvalue weighted by Crippen LogP contribution is -2.09. The first-order valence-electron chi connectivity index (χ1n) is 8.18. The van der Waals surface area contributed by atoms with E-state index in [1.54, 1.807) is 6.92 Å². The van der Waals surface area contributed by atoms with Crippen LogP contribution < -0.4 is 4.74 Å². The van der Waals surface area contributed by atoms with E-state index in [4.69, 9.17) is 13.7 Å². The third kappa shape index (κ3) is 2.82. The van der Waals surface area contributed by atoms with Gasteiger partial charge >= 0.3 is 0 Å². The van der Waals surface area contributed by atoms with Gasteiger partial charge in [-0.15, -0.1) is 0 Å². The van der Waals surface area contributed by atoms with Crippen LogP contribution in [0.4, 0.5) is 0 Å². The molecule has 3 heterocycles. The smallest absolute Gasteiger partial charge is 0.226 e. The molecule has 128 valence electrons. The second-order valence-corrected chi connectivity index (χ2v) is 6.02. The molecule has 0 bridgehead atoms. The highest BCUT2D eigenvalue weighted by Gasteiger charge is 2.29. The average molecular weight is 339 g/mol. The van der Waals surface area contributed by atoms with Crippen LogP contribution in [0.2, 0.25) is 0 Å². The van der Waals surface area contributed by atoms with Crippen LogP contribution >= 0.6 is 0 Å². The van der Waals surface area contributed by atoms with Gasteiger partial charge in [-0.1, -0.05) is 24.2 Å². The van der Waals surface area contributed by atoms with Crippen LogP contribution in [-0.2, 0) is 6.42 Å². The molecule has 0 amide bonds. The molecule has 3 aromatic rings. The summed E-state index contributed by atoms with van der Waals surface area (Å²) in [4.78, 5) is 20.7. The minimum Gasteiger partial charge on any atom is -0.493 e. The Labute approximate surface area is 144 Å². The maximum Gasteiger partial charge on any atom is 0.226 e. The highest BCUT2D eigenvalue weighted by atomic mass is 16.5. The fourth-order valence-corrected chi connectivity index (χ4v) is 2.99. The van der Waals surface area contributed by atoms with Gasteiger partial charge in [-0.3, -0.25) is 4.79 Å². The third-order valence-corrected chi connectivity index (χ3v) is 4.35. The van der Waals surface area contributed by atoms with E-state index in [0.29, 0.717) is 42.6 Å². The van der Waals surface area contributed by atoms with Crippen molar-refractivity contribution in [3.05, 3.63) is 47.5 Å². The Hall–Kier alpha value is -2.96. The molecule has 0 fully saturated rings. The Kier molecular flexibility index (Phi) is 3.83. The standard InChI is InChI=1S/C18H17N3O4/c1-3-16-20-18(21-25-16)11-4-5-13-12(8-23-15(13)7-11)6-14(22)17-10(2)19-9-24-17/h4-5,7,9,12H,3,6,8H2,1-2H3/t12-/m1/s1. The Bertz CT molecular complexity index is 928. The van der Waals surface area contributed by atoms with Gasteiger partial charge in [0.25, 0.3) is 0 Å². The number of ether oxygens (including phenoxy) is 1. The maximum atomic E-state index is 12.4. The summed E-state index contributed by atoms with van der Waals surface area (Å²) in [6, 6.07) is 5.78. The van der Waals surface area contributed by atoms with Crippen molar-refractivity contribution < 1.29 is 18.5 Å².